The Morgan fingerprint density at radius 1 is 1.31 bits per heavy atom. The number of esters is 1. The molecule has 6 heteroatoms. The van der Waals surface area contributed by atoms with E-state index >= 15 is 0 Å². The molecule has 0 heterocycles. The van der Waals surface area contributed by atoms with E-state index in [9.17, 15) is 9.18 Å². The predicted molar refractivity (Wildman–Crippen MR) is 97.6 cm³/mol. The van der Waals surface area contributed by atoms with Crippen molar-refractivity contribution in [2.45, 2.75) is 6.61 Å². The van der Waals surface area contributed by atoms with Crippen molar-refractivity contribution in [3.63, 3.8) is 0 Å². The number of benzene rings is 2. The van der Waals surface area contributed by atoms with Crippen molar-refractivity contribution in [1.29, 1.82) is 0 Å². The van der Waals surface area contributed by atoms with Crippen LogP contribution in [0.15, 0.2) is 42.5 Å². The Balaban J connectivity index is 2.13. The minimum absolute atomic E-state index is 0.0938. The van der Waals surface area contributed by atoms with Gasteiger partial charge in [0.05, 0.1) is 12.1 Å². The van der Waals surface area contributed by atoms with Gasteiger partial charge in [0.2, 0.25) is 0 Å². The highest BCUT2D eigenvalue weighted by molar-refractivity contribution is 6.32. The lowest BCUT2D eigenvalue weighted by molar-refractivity contribution is -0.136. The zero-order chi connectivity index (χ0) is 18.9. The molecule has 0 atom stereocenters. The number of rotatable bonds is 7. The second-order valence-electron chi connectivity index (χ2n) is 5.09. The summed E-state index contributed by atoms with van der Waals surface area (Å²) in [5.74, 6) is 2.08. The van der Waals surface area contributed by atoms with E-state index in [1.54, 1.807) is 24.3 Å². The Kier molecular flexibility index (Phi) is 7.07. The largest absolute Gasteiger partial charge is 0.493 e. The Morgan fingerprint density at radius 2 is 2.04 bits per heavy atom. The summed E-state index contributed by atoms with van der Waals surface area (Å²) in [6.45, 7) is 0.105. The third kappa shape index (κ3) is 5.54. The van der Waals surface area contributed by atoms with Crippen LogP contribution < -0.4 is 9.47 Å². The molecule has 134 valence electrons. The van der Waals surface area contributed by atoms with Gasteiger partial charge in [0.15, 0.2) is 18.1 Å². The zero-order valence-corrected chi connectivity index (χ0v) is 14.8. The average molecular weight is 375 g/mol. The van der Waals surface area contributed by atoms with Crippen LogP contribution in [0.25, 0.3) is 6.08 Å². The molecule has 0 N–H and O–H groups in total. The van der Waals surface area contributed by atoms with Crippen LogP contribution in [0.2, 0.25) is 5.02 Å². The maximum Gasteiger partial charge on any atom is 0.331 e. The molecule has 0 saturated heterocycles. The van der Waals surface area contributed by atoms with Crippen molar-refractivity contribution in [2.24, 2.45) is 0 Å². The van der Waals surface area contributed by atoms with E-state index in [0.29, 0.717) is 22.1 Å². The minimum atomic E-state index is -0.560. The van der Waals surface area contributed by atoms with Crippen LogP contribution in [0.3, 0.4) is 0 Å². The first kappa shape index (κ1) is 19.4. The first-order valence-electron chi connectivity index (χ1n) is 7.56. The molecule has 0 aromatic heterocycles. The molecule has 26 heavy (non-hydrogen) atoms. The van der Waals surface area contributed by atoms with E-state index in [2.05, 4.69) is 5.92 Å². The second-order valence-corrected chi connectivity index (χ2v) is 5.50. The number of ether oxygens (including phenoxy) is 3. The van der Waals surface area contributed by atoms with E-state index in [1.165, 1.54) is 31.4 Å². The molecule has 4 nitrogen and oxygen atoms in total. The number of carbonyl (C=O) groups is 1. The summed E-state index contributed by atoms with van der Waals surface area (Å²) in [4.78, 5) is 11.4. The van der Waals surface area contributed by atoms with Crippen LogP contribution in [0.5, 0.6) is 11.5 Å². The fraction of sp³-hybridized carbons (Fsp3) is 0.150. The Morgan fingerprint density at radius 3 is 2.69 bits per heavy atom. The molecule has 2 aromatic rings. The molecular weight excluding hydrogens is 359 g/mol. The molecule has 0 aliphatic heterocycles. The summed E-state index contributed by atoms with van der Waals surface area (Å²) >= 11 is 6.26. The lowest BCUT2D eigenvalue weighted by Crippen LogP contribution is -2.00. The fourth-order valence-electron chi connectivity index (χ4n) is 2.04. The van der Waals surface area contributed by atoms with Gasteiger partial charge in [-0.15, -0.1) is 6.42 Å². The van der Waals surface area contributed by atoms with Crippen molar-refractivity contribution < 1.29 is 23.4 Å². The summed E-state index contributed by atoms with van der Waals surface area (Å²) in [5, 5.41) is 0.308. The van der Waals surface area contributed by atoms with Gasteiger partial charge in [0.25, 0.3) is 0 Å². The van der Waals surface area contributed by atoms with Gasteiger partial charge >= 0.3 is 5.97 Å². The van der Waals surface area contributed by atoms with Gasteiger partial charge in [-0.2, -0.15) is 0 Å². The van der Waals surface area contributed by atoms with Crippen molar-refractivity contribution in [3.8, 4) is 23.8 Å². The summed E-state index contributed by atoms with van der Waals surface area (Å²) in [6.07, 6.45) is 7.78. The van der Waals surface area contributed by atoms with Crippen molar-refractivity contribution >= 4 is 23.6 Å². The summed E-state index contributed by atoms with van der Waals surface area (Å²) in [5.41, 5.74) is 1.41. The molecular formula is C20H16ClFO4. The summed E-state index contributed by atoms with van der Waals surface area (Å²) in [7, 11) is 1.48. The maximum atomic E-state index is 12.9. The second kappa shape index (κ2) is 9.50. The quantitative estimate of drug-likeness (QED) is 0.413. The van der Waals surface area contributed by atoms with Crippen LogP contribution in [-0.2, 0) is 16.1 Å². The number of hydrogen-bond acceptors (Lipinski definition) is 4. The topological polar surface area (TPSA) is 44.8 Å². The number of halogens is 2. The highest BCUT2D eigenvalue weighted by Crippen LogP contribution is 2.37. The average Bonchev–Trinajstić information content (AvgIpc) is 2.64. The Hall–Kier alpha value is -2.97. The van der Waals surface area contributed by atoms with Crippen molar-refractivity contribution in [3.05, 3.63) is 64.4 Å². The molecule has 2 aromatic carbocycles. The standard InChI is InChI=1S/C20H16ClFO4/c1-3-10-25-19(23)9-6-15-11-17(21)20(18(12-15)24-2)26-13-14-4-7-16(22)8-5-14/h1,4-9,11-12H,10,13H2,2H3/b9-6+. The van der Waals surface area contributed by atoms with Crippen molar-refractivity contribution in [2.75, 3.05) is 13.7 Å². The predicted octanol–water partition coefficient (Wildman–Crippen LogP) is 4.26. The number of carbonyl (C=O) groups excluding carboxylic acids is 1. The normalized spacial score (nSPS) is 10.4. The summed E-state index contributed by atoms with van der Waals surface area (Å²) in [6, 6.07) is 9.23. The first-order valence-corrected chi connectivity index (χ1v) is 7.94. The third-order valence-electron chi connectivity index (χ3n) is 3.26. The van der Waals surface area contributed by atoms with Gasteiger partial charge in [-0.05, 0) is 41.5 Å². The molecule has 0 aliphatic carbocycles. The first-order chi connectivity index (χ1) is 12.5. The van der Waals surface area contributed by atoms with E-state index in [4.69, 9.17) is 32.2 Å². The molecule has 0 spiro atoms. The minimum Gasteiger partial charge on any atom is -0.493 e. The molecule has 0 amide bonds. The van der Waals surface area contributed by atoms with Gasteiger partial charge in [0, 0.05) is 6.08 Å². The van der Waals surface area contributed by atoms with E-state index < -0.39 is 5.97 Å². The summed E-state index contributed by atoms with van der Waals surface area (Å²) < 4.78 is 28.7. The van der Waals surface area contributed by atoms with Gasteiger partial charge < -0.3 is 14.2 Å². The van der Waals surface area contributed by atoms with E-state index in [0.717, 1.165) is 5.56 Å². The fourth-order valence-corrected chi connectivity index (χ4v) is 2.31. The van der Waals surface area contributed by atoms with Crippen LogP contribution in [0.1, 0.15) is 11.1 Å². The highest BCUT2D eigenvalue weighted by atomic mass is 35.5. The highest BCUT2D eigenvalue weighted by Gasteiger charge is 2.12. The molecule has 0 fully saturated rings. The van der Waals surface area contributed by atoms with Gasteiger partial charge in [-0.25, -0.2) is 9.18 Å². The van der Waals surface area contributed by atoms with Crippen LogP contribution in [-0.4, -0.2) is 19.7 Å². The van der Waals surface area contributed by atoms with Crippen LogP contribution in [0.4, 0.5) is 4.39 Å². The molecule has 0 saturated carbocycles. The third-order valence-corrected chi connectivity index (χ3v) is 3.54. The van der Waals surface area contributed by atoms with Gasteiger partial charge in [-0.3, -0.25) is 0 Å². The van der Waals surface area contributed by atoms with E-state index in [-0.39, 0.29) is 19.0 Å². The van der Waals surface area contributed by atoms with Crippen LogP contribution in [0, 0.1) is 18.2 Å². The number of methoxy groups -OCH3 is 1. The molecule has 0 aliphatic rings. The lowest BCUT2D eigenvalue weighted by atomic mass is 10.2. The monoisotopic (exact) mass is 374 g/mol. The molecule has 0 unspecified atom stereocenters. The van der Waals surface area contributed by atoms with E-state index in [1.807, 2.05) is 0 Å². The smallest absolute Gasteiger partial charge is 0.331 e. The van der Waals surface area contributed by atoms with Gasteiger partial charge in [0.1, 0.15) is 12.4 Å². The van der Waals surface area contributed by atoms with Gasteiger partial charge in [-0.1, -0.05) is 29.7 Å². The number of terminal acetylenes is 1. The zero-order valence-electron chi connectivity index (χ0n) is 14.0. The SMILES string of the molecule is C#CCOC(=O)/C=C/c1cc(Cl)c(OCc2ccc(F)cc2)c(OC)c1. The molecule has 0 bridgehead atoms. The Labute approximate surface area is 156 Å². The maximum absolute atomic E-state index is 12.9. The van der Waals surface area contributed by atoms with Crippen molar-refractivity contribution in [1.82, 2.24) is 0 Å². The molecule has 2 rings (SSSR count). The van der Waals surface area contributed by atoms with Crippen LogP contribution >= 0.6 is 11.6 Å². The number of hydrogen-bond donors (Lipinski definition) is 0. The molecule has 0 radical (unpaired) electrons. The Bertz CT molecular complexity index is 838. The lowest BCUT2D eigenvalue weighted by Gasteiger charge is -2.13.